The second-order valence-electron chi connectivity index (χ2n) is 3.81. The van der Waals surface area contributed by atoms with Gasteiger partial charge in [-0.05, 0) is 17.7 Å². The highest BCUT2D eigenvalue weighted by Crippen LogP contribution is 2.08. The van der Waals surface area contributed by atoms with Gasteiger partial charge < -0.3 is 5.10 Å². The molecule has 0 aliphatic heterocycles. The molecule has 2 aromatic rings. The van der Waals surface area contributed by atoms with Crippen molar-refractivity contribution in [2.24, 2.45) is 5.10 Å². The Morgan fingerprint density at radius 3 is 2.89 bits per heavy atom. The number of aromatic amines is 2. The van der Waals surface area contributed by atoms with Crippen molar-refractivity contribution in [2.75, 3.05) is 0 Å². The van der Waals surface area contributed by atoms with Crippen LogP contribution in [0.1, 0.15) is 11.3 Å². The van der Waals surface area contributed by atoms with Crippen LogP contribution in [0.5, 0.6) is 0 Å². The fourth-order valence-corrected chi connectivity index (χ4v) is 1.64. The van der Waals surface area contributed by atoms with Gasteiger partial charge in [0.2, 0.25) is 5.91 Å². The molecule has 0 aliphatic rings. The van der Waals surface area contributed by atoms with Crippen LogP contribution >= 0.6 is 11.6 Å². The van der Waals surface area contributed by atoms with Gasteiger partial charge in [-0.3, -0.25) is 14.7 Å². The molecular formula is C12H11ClN4O2. The van der Waals surface area contributed by atoms with Crippen molar-refractivity contribution in [3.63, 3.8) is 0 Å². The summed E-state index contributed by atoms with van der Waals surface area (Å²) in [4.78, 5) is 22.3. The van der Waals surface area contributed by atoms with Gasteiger partial charge in [0.25, 0.3) is 5.56 Å². The highest BCUT2D eigenvalue weighted by molar-refractivity contribution is 6.30. The number of aromatic nitrogens is 2. The minimum Gasteiger partial charge on any atom is -0.302 e. The fraction of sp³-hybridized carbons (Fsp3) is 0.0833. The molecule has 7 heteroatoms. The van der Waals surface area contributed by atoms with E-state index in [9.17, 15) is 9.59 Å². The maximum Gasteiger partial charge on any atom is 0.264 e. The first-order valence-electron chi connectivity index (χ1n) is 5.47. The number of amides is 1. The minimum absolute atomic E-state index is 0.0472. The van der Waals surface area contributed by atoms with Crippen molar-refractivity contribution in [3.8, 4) is 0 Å². The van der Waals surface area contributed by atoms with E-state index in [-0.39, 0.29) is 17.9 Å². The molecule has 1 amide bonds. The molecule has 2 rings (SSSR count). The summed E-state index contributed by atoms with van der Waals surface area (Å²) in [6, 6.07) is 8.39. The van der Waals surface area contributed by atoms with Gasteiger partial charge in [0.05, 0.1) is 12.6 Å². The Kier molecular flexibility index (Phi) is 4.15. The molecule has 3 N–H and O–H groups in total. The third kappa shape index (κ3) is 4.11. The summed E-state index contributed by atoms with van der Waals surface area (Å²) >= 11 is 5.81. The zero-order valence-corrected chi connectivity index (χ0v) is 10.6. The van der Waals surface area contributed by atoms with Crippen LogP contribution in [0.4, 0.5) is 0 Å². The van der Waals surface area contributed by atoms with Crippen LogP contribution in [0.25, 0.3) is 0 Å². The quantitative estimate of drug-likeness (QED) is 0.576. The van der Waals surface area contributed by atoms with Crippen LogP contribution < -0.4 is 11.0 Å². The van der Waals surface area contributed by atoms with Crippen LogP contribution in [0.3, 0.4) is 0 Å². The lowest BCUT2D eigenvalue weighted by Crippen LogP contribution is -2.20. The van der Waals surface area contributed by atoms with Crippen molar-refractivity contribution in [2.45, 2.75) is 6.42 Å². The summed E-state index contributed by atoms with van der Waals surface area (Å²) in [6.07, 6.45) is 1.54. The smallest absolute Gasteiger partial charge is 0.264 e. The van der Waals surface area contributed by atoms with Crippen LogP contribution in [0, 0.1) is 0 Å². The van der Waals surface area contributed by atoms with Crippen LogP contribution in [0.15, 0.2) is 40.2 Å². The molecule has 0 spiro atoms. The molecule has 0 radical (unpaired) electrons. The first kappa shape index (κ1) is 13.1. The number of hydrazone groups is 1. The van der Waals surface area contributed by atoms with E-state index in [1.807, 2.05) is 6.07 Å². The molecule has 0 unspecified atom stereocenters. The van der Waals surface area contributed by atoms with E-state index in [4.69, 9.17) is 11.6 Å². The average molecular weight is 279 g/mol. The summed E-state index contributed by atoms with van der Waals surface area (Å²) in [5.41, 5.74) is 3.37. The molecule has 0 atom stereocenters. The van der Waals surface area contributed by atoms with Gasteiger partial charge in [-0.15, -0.1) is 0 Å². The number of benzene rings is 1. The minimum atomic E-state index is -0.325. The number of hydrogen-bond acceptors (Lipinski definition) is 3. The van der Waals surface area contributed by atoms with E-state index in [0.29, 0.717) is 10.7 Å². The third-order valence-corrected chi connectivity index (χ3v) is 2.49. The zero-order chi connectivity index (χ0) is 13.7. The normalized spacial score (nSPS) is 10.8. The van der Waals surface area contributed by atoms with Gasteiger partial charge >= 0.3 is 0 Å². The first-order chi connectivity index (χ1) is 9.13. The third-order valence-electron chi connectivity index (χ3n) is 2.25. The second kappa shape index (κ2) is 6.01. The second-order valence-corrected chi connectivity index (χ2v) is 4.25. The summed E-state index contributed by atoms with van der Waals surface area (Å²) < 4.78 is 0. The van der Waals surface area contributed by atoms with E-state index < -0.39 is 0 Å². The standard InChI is InChI=1S/C12H11ClN4O2/c13-9-3-1-2-8(4-9)7-14-16-11(18)5-10-6-12(19)17-15-10/h1-4,6-7H,5H2,(H,16,18)(H2,15,17,19). The highest BCUT2D eigenvalue weighted by Gasteiger charge is 2.03. The monoisotopic (exact) mass is 278 g/mol. The van der Waals surface area contributed by atoms with Crippen molar-refractivity contribution >= 4 is 23.7 Å². The van der Waals surface area contributed by atoms with Gasteiger partial charge in [-0.2, -0.15) is 5.10 Å². The number of carbonyl (C=O) groups excluding carboxylic acids is 1. The Balaban J connectivity index is 1.88. The Morgan fingerprint density at radius 2 is 2.21 bits per heavy atom. The Morgan fingerprint density at radius 1 is 1.37 bits per heavy atom. The Hall–Kier alpha value is -2.34. The molecule has 19 heavy (non-hydrogen) atoms. The largest absolute Gasteiger partial charge is 0.302 e. The fourth-order valence-electron chi connectivity index (χ4n) is 1.45. The summed E-state index contributed by atoms with van der Waals surface area (Å²) in [5.74, 6) is -0.325. The van der Waals surface area contributed by atoms with E-state index in [2.05, 4.69) is 20.7 Å². The highest BCUT2D eigenvalue weighted by atomic mass is 35.5. The Labute approximate surface area is 113 Å². The molecule has 0 saturated heterocycles. The zero-order valence-electron chi connectivity index (χ0n) is 9.81. The van der Waals surface area contributed by atoms with Gasteiger partial charge in [-0.25, -0.2) is 5.43 Å². The molecular weight excluding hydrogens is 268 g/mol. The number of hydrogen-bond donors (Lipinski definition) is 3. The molecule has 1 heterocycles. The lowest BCUT2D eigenvalue weighted by molar-refractivity contribution is -0.120. The first-order valence-corrected chi connectivity index (χ1v) is 5.85. The lowest BCUT2D eigenvalue weighted by Gasteiger charge is -1.97. The summed E-state index contributed by atoms with van der Waals surface area (Å²) in [6.45, 7) is 0. The van der Waals surface area contributed by atoms with Crippen molar-refractivity contribution < 1.29 is 4.79 Å². The topological polar surface area (TPSA) is 90.1 Å². The number of carbonyl (C=O) groups is 1. The maximum atomic E-state index is 11.5. The predicted molar refractivity (Wildman–Crippen MR) is 72.3 cm³/mol. The lowest BCUT2D eigenvalue weighted by atomic mass is 10.2. The molecule has 1 aromatic heterocycles. The van der Waals surface area contributed by atoms with Crippen LogP contribution in [-0.2, 0) is 11.2 Å². The van der Waals surface area contributed by atoms with Gasteiger partial charge in [-0.1, -0.05) is 23.7 Å². The van der Waals surface area contributed by atoms with E-state index in [0.717, 1.165) is 5.56 Å². The van der Waals surface area contributed by atoms with Crippen molar-refractivity contribution in [1.29, 1.82) is 0 Å². The molecule has 1 aromatic carbocycles. The number of halogens is 1. The number of nitrogens with zero attached hydrogens (tertiary/aromatic N) is 1. The van der Waals surface area contributed by atoms with Crippen LogP contribution in [0.2, 0.25) is 5.02 Å². The maximum absolute atomic E-state index is 11.5. The van der Waals surface area contributed by atoms with Crippen molar-refractivity contribution in [1.82, 2.24) is 15.6 Å². The van der Waals surface area contributed by atoms with Crippen LogP contribution in [-0.4, -0.2) is 22.3 Å². The number of nitrogens with one attached hydrogen (secondary N) is 3. The number of rotatable bonds is 4. The molecule has 98 valence electrons. The van der Waals surface area contributed by atoms with Gasteiger partial charge in [0.15, 0.2) is 0 Å². The number of H-pyrrole nitrogens is 2. The van der Waals surface area contributed by atoms with Gasteiger partial charge in [0, 0.05) is 16.8 Å². The molecule has 0 fully saturated rings. The van der Waals surface area contributed by atoms with E-state index in [1.165, 1.54) is 12.3 Å². The SMILES string of the molecule is O=C(Cc1cc(=O)[nH][nH]1)NN=Cc1cccc(Cl)c1. The molecule has 0 aliphatic carbocycles. The molecule has 0 bridgehead atoms. The van der Waals surface area contributed by atoms with Crippen molar-refractivity contribution in [3.05, 3.63) is 57.0 Å². The summed E-state index contributed by atoms with van der Waals surface area (Å²) in [7, 11) is 0. The predicted octanol–water partition coefficient (Wildman–Crippen LogP) is 1.05. The van der Waals surface area contributed by atoms with E-state index >= 15 is 0 Å². The molecule has 6 nitrogen and oxygen atoms in total. The Bertz CT molecular complexity index is 659. The van der Waals surface area contributed by atoms with Gasteiger partial charge in [0.1, 0.15) is 0 Å². The average Bonchev–Trinajstić information content (AvgIpc) is 2.75. The van der Waals surface area contributed by atoms with E-state index in [1.54, 1.807) is 18.2 Å². The summed E-state index contributed by atoms with van der Waals surface area (Å²) in [5, 5.41) is 9.33. The molecule has 0 saturated carbocycles.